The molecule has 1 aliphatic heterocycles. The number of nitrogens with zero attached hydrogens (tertiary/aromatic N) is 2. The molecule has 0 spiro atoms. The summed E-state index contributed by atoms with van der Waals surface area (Å²) in [4.78, 5) is 27.1. The van der Waals surface area contributed by atoms with Crippen LogP contribution in [0.4, 0.5) is 10.5 Å². The molecule has 18 heavy (non-hydrogen) atoms. The van der Waals surface area contributed by atoms with Crippen LogP contribution in [0.15, 0.2) is 24.3 Å². The summed E-state index contributed by atoms with van der Waals surface area (Å²) in [6.45, 7) is 4.92. The summed E-state index contributed by atoms with van der Waals surface area (Å²) in [5.74, 6) is -0.0633. The quantitative estimate of drug-likeness (QED) is 0.822. The van der Waals surface area contributed by atoms with Crippen LogP contribution in [0.1, 0.15) is 25.3 Å². The average molecular weight is 246 g/mol. The molecule has 0 aliphatic carbocycles. The van der Waals surface area contributed by atoms with Crippen molar-refractivity contribution in [3.05, 3.63) is 29.8 Å². The van der Waals surface area contributed by atoms with E-state index in [0.717, 1.165) is 17.7 Å². The molecule has 0 atom stereocenters. The lowest BCUT2D eigenvalue weighted by Gasteiger charge is -2.34. The van der Waals surface area contributed by atoms with Crippen LogP contribution >= 0.6 is 0 Å². The molecule has 3 amide bonds. The van der Waals surface area contributed by atoms with Crippen LogP contribution in [0.5, 0.6) is 0 Å². The Hall–Kier alpha value is -1.84. The number of urea groups is 1. The van der Waals surface area contributed by atoms with Crippen LogP contribution in [-0.2, 0) is 4.79 Å². The highest BCUT2D eigenvalue weighted by atomic mass is 16.2. The Labute approximate surface area is 107 Å². The molecule has 0 aromatic heterocycles. The molecule has 2 rings (SSSR count). The Morgan fingerprint density at radius 2 is 1.94 bits per heavy atom. The van der Waals surface area contributed by atoms with Crippen molar-refractivity contribution in [1.29, 1.82) is 0 Å². The third-order valence-corrected chi connectivity index (χ3v) is 3.17. The zero-order chi connectivity index (χ0) is 13.1. The Bertz CT molecular complexity index is 471. The predicted octanol–water partition coefficient (Wildman–Crippen LogP) is 2.56. The van der Waals surface area contributed by atoms with Crippen LogP contribution < -0.4 is 4.90 Å². The monoisotopic (exact) mass is 246 g/mol. The van der Waals surface area contributed by atoms with Crippen LogP contribution in [-0.4, -0.2) is 29.9 Å². The number of carbonyl (C=O) groups is 2. The molecule has 1 saturated heterocycles. The van der Waals surface area contributed by atoms with E-state index in [1.807, 2.05) is 38.1 Å². The van der Waals surface area contributed by atoms with E-state index in [4.69, 9.17) is 0 Å². The molecule has 0 saturated carbocycles. The second-order valence-corrected chi connectivity index (χ2v) is 4.52. The van der Waals surface area contributed by atoms with Gasteiger partial charge in [0, 0.05) is 25.2 Å². The standard InChI is InChI=1S/C14H18N2O2/c1-3-9-16-13(17)8-10-15(14(16)18)12-7-5-4-6-11(12)2/h4-7H,3,8-10H2,1-2H3. The average Bonchev–Trinajstić information content (AvgIpc) is 2.36. The fourth-order valence-corrected chi connectivity index (χ4v) is 2.22. The molecule has 1 aromatic carbocycles. The van der Waals surface area contributed by atoms with Crippen molar-refractivity contribution in [2.24, 2.45) is 0 Å². The zero-order valence-electron chi connectivity index (χ0n) is 10.8. The maximum atomic E-state index is 12.3. The number of carbonyl (C=O) groups excluding carboxylic acids is 2. The van der Waals surface area contributed by atoms with E-state index < -0.39 is 0 Å². The predicted molar refractivity (Wildman–Crippen MR) is 70.5 cm³/mol. The first-order valence-electron chi connectivity index (χ1n) is 6.32. The minimum absolute atomic E-state index is 0.0633. The summed E-state index contributed by atoms with van der Waals surface area (Å²) in [5.41, 5.74) is 1.95. The van der Waals surface area contributed by atoms with E-state index >= 15 is 0 Å². The molecule has 0 N–H and O–H groups in total. The van der Waals surface area contributed by atoms with Gasteiger partial charge in [0.2, 0.25) is 5.91 Å². The van der Waals surface area contributed by atoms with Crippen molar-refractivity contribution in [2.75, 3.05) is 18.0 Å². The summed E-state index contributed by atoms with van der Waals surface area (Å²) >= 11 is 0. The number of rotatable bonds is 3. The molecular formula is C14H18N2O2. The highest BCUT2D eigenvalue weighted by Gasteiger charge is 2.32. The third-order valence-electron chi connectivity index (χ3n) is 3.17. The largest absolute Gasteiger partial charge is 0.331 e. The first-order valence-corrected chi connectivity index (χ1v) is 6.32. The Balaban J connectivity index is 2.27. The van der Waals surface area contributed by atoms with Crippen molar-refractivity contribution in [2.45, 2.75) is 26.7 Å². The van der Waals surface area contributed by atoms with Crippen molar-refractivity contribution >= 4 is 17.6 Å². The molecule has 4 heteroatoms. The number of para-hydroxylation sites is 1. The maximum absolute atomic E-state index is 12.3. The first-order chi connectivity index (χ1) is 8.65. The van der Waals surface area contributed by atoms with Gasteiger partial charge in [-0.1, -0.05) is 25.1 Å². The zero-order valence-corrected chi connectivity index (χ0v) is 10.8. The van der Waals surface area contributed by atoms with Gasteiger partial charge in [-0.2, -0.15) is 0 Å². The number of amides is 3. The smallest absolute Gasteiger partial charge is 0.293 e. The van der Waals surface area contributed by atoms with Gasteiger partial charge in [-0.3, -0.25) is 14.6 Å². The van der Waals surface area contributed by atoms with E-state index in [1.54, 1.807) is 4.90 Å². The second-order valence-electron chi connectivity index (χ2n) is 4.52. The molecule has 1 heterocycles. The van der Waals surface area contributed by atoms with Gasteiger partial charge in [-0.15, -0.1) is 0 Å². The molecule has 96 valence electrons. The van der Waals surface area contributed by atoms with Gasteiger partial charge >= 0.3 is 6.03 Å². The van der Waals surface area contributed by atoms with E-state index in [9.17, 15) is 9.59 Å². The number of aryl methyl sites for hydroxylation is 1. The van der Waals surface area contributed by atoms with Crippen LogP contribution in [0.25, 0.3) is 0 Å². The number of imide groups is 1. The highest BCUT2D eigenvalue weighted by molar-refractivity contribution is 6.05. The van der Waals surface area contributed by atoms with Crippen LogP contribution in [0, 0.1) is 6.92 Å². The molecule has 0 radical (unpaired) electrons. The summed E-state index contributed by atoms with van der Waals surface area (Å²) in [6.07, 6.45) is 1.19. The van der Waals surface area contributed by atoms with E-state index in [1.165, 1.54) is 4.90 Å². The fourth-order valence-electron chi connectivity index (χ4n) is 2.22. The maximum Gasteiger partial charge on any atom is 0.331 e. The minimum atomic E-state index is -0.192. The molecule has 0 bridgehead atoms. The highest BCUT2D eigenvalue weighted by Crippen LogP contribution is 2.24. The Morgan fingerprint density at radius 3 is 2.61 bits per heavy atom. The van der Waals surface area contributed by atoms with Crippen molar-refractivity contribution in [1.82, 2.24) is 4.90 Å². The van der Waals surface area contributed by atoms with Gasteiger partial charge in [0.1, 0.15) is 0 Å². The normalized spacial score (nSPS) is 16.3. The third kappa shape index (κ3) is 2.23. The molecule has 1 aliphatic rings. The lowest BCUT2D eigenvalue weighted by atomic mass is 10.1. The summed E-state index contributed by atoms with van der Waals surface area (Å²) in [6, 6.07) is 7.57. The van der Waals surface area contributed by atoms with E-state index in [2.05, 4.69) is 0 Å². The summed E-state index contributed by atoms with van der Waals surface area (Å²) < 4.78 is 0. The summed E-state index contributed by atoms with van der Waals surface area (Å²) in [7, 11) is 0. The lowest BCUT2D eigenvalue weighted by Crippen LogP contribution is -2.52. The first kappa shape index (κ1) is 12.6. The van der Waals surface area contributed by atoms with Crippen molar-refractivity contribution in [3.63, 3.8) is 0 Å². The fraction of sp³-hybridized carbons (Fsp3) is 0.429. The molecule has 0 unspecified atom stereocenters. The van der Waals surface area contributed by atoms with E-state index in [0.29, 0.717) is 19.5 Å². The summed E-state index contributed by atoms with van der Waals surface area (Å²) in [5, 5.41) is 0. The number of anilines is 1. The van der Waals surface area contributed by atoms with Crippen LogP contribution in [0.2, 0.25) is 0 Å². The van der Waals surface area contributed by atoms with Gasteiger partial charge in [0.15, 0.2) is 0 Å². The number of hydrogen-bond acceptors (Lipinski definition) is 2. The van der Waals surface area contributed by atoms with Gasteiger partial charge in [0.05, 0.1) is 0 Å². The molecule has 1 fully saturated rings. The van der Waals surface area contributed by atoms with Gasteiger partial charge in [0.25, 0.3) is 0 Å². The Kier molecular flexibility index (Phi) is 3.65. The van der Waals surface area contributed by atoms with Crippen molar-refractivity contribution < 1.29 is 9.59 Å². The Morgan fingerprint density at radius 1 is 1.22 bits per heavy atom. The van der Waals surface area contributed by atoms with Gasteiger partial charge < -0.3 is 0 Å². The number of hydrogen-bond donors (Lipinski definition) is 0. The molecular weight excluding hydrogens is 228 g/mol. The topological polar surface area (TPSA) is 40.6 Å². The molecule has 1 aromatic rings. The minimum Gasteiger partial charge on any atom is -0.293 e. The van der Waals surface area contributed by atoms with Gasteiger partial charge in [-0.05, 0) is 25.0 Å². The van der Waals surface area contributed by atoms with E-state index in [-0.39, 0.29) is 11.9 Å². The van der Waals surface area contributed by atoms with Crippen LogP contribution in [0.3, 0.4) is 0 Å². The lowest BCUT2D eigenvalue weighted by molar-refractivity contribution is -0.128. The van der Waals surface area contributed by atoms with Gasteiger partial charge in [-0.25, -0.2) is 4.79 Å². The number of benzene rings is 1. The molecule has 4 nitrogen and oxygen atoms in total. The van der Waals surface area contributed by atoms with Crippen molar-refractivity contribution in [3.8, 4) is 0 Å². The second kappa shape index (κ2) is 5.21. The SMILES string of the molecule is CCCN1C(=O)CCN(c2ccccc2C)C1=O.